The highest BCUT2D eigenvalue weighted by Crippen LogP contribution is 2.32. The molecule has 0 saturated heterocycles. The molecule has 1 aliphatic heterocycles. The van der Waals surface area contributed by atoms with Crippen LogP contribution >= 0.6 is 0 Å². The van der Waals surface area contributed by atoms with Gasteiger partial charge in [-0.05, 0) is 36.8 Å². The predicted octanol–water partition coefficient (Wildman–Crippen LogP) is 3.00. The van der Waals surface area contributed by atoms with Crippen molar-refractivity contribution in [3.63, 3.8) is 0 Å². The zero-order valence-corrected chi connectivity index (χ0v) is 15.9. The maximum atomic E-state index is 12.3. The fraction of sp³-hybridized carbons (Fsp3) is 0.286. The van der Waals surface area contributed by atoms with E-state index in [1.54, 1.807) is 29.2 Å². The van der Waals surface area contributed by atoms with Crippen LogP contribution in [0.15, 0.2) is 42.5 Å². The molecule has 3 rings (SSSR count). The van der Waals surface area contributed by atoms with Crippen LogP contribution in [-0.2, 0) is 16.1 Å². The Balaban J connectivity index is 1.57. The molecule has 1 heterocycles. The summed E-state index contributed by atoms with van der Waals surface area (Å²) in [5, 5.41) is 2.76. The number of fused-ring (bicyclic) bond motifs is 1. The largest absolute Gasteiger partial charge is 0.454 e. The number of ether oxygens (including phenoxy) is 2. The molecule has 28 heavy (non-hydrogen) atoms. The summed E-state index contributed by atoms with van der Waals surface area (Å²) in [6.45, 7) is 3.80. The van der Waals surface area contributed by atoms with Crippen LogP contribution in [0.5, 0.6) is 11.5 Å². The molecule has 1 N–H and O–H groups in total. The molecule has 0 aromatic heterocycles. The van der Waals surface area contributed by atoms with Gasteiger partial charge in [0, 0.05) is 37.7 Å². The predicted molar refractivity (Wildman–Crippen MR) is 103 cm³/mol. The summed E-state index contributed by atoms with van der Waals surface area (Å²) in [6.07, 6.45) is 0.147. The van der Waals surface area contributed by atoms with Crippen molar-refractivity contribution in [3.8, 4) is 11.5 Å². The number of amides is 2. The van der Waals surface area contributed by atoms with Crippen LogP contribution in [-0.4, -0.2) is 35.8 Å². The quantitative estimate of drug-likeness (QED) is 0.744. The van der Waals surface area contributed by atoms with Crippen LogP contribution in [0.3, 0.4) is 0 Å². The first-order valence-electron chi connectivity index (χ1n) is 8.97. The molecule has 7 nitrogen and oxygen atoms in total. The number of hydrogen-bond acceptors (Lipinski definition) is 5. The number of nitrogens with one attached hydrogen (secondary N) is 1. The van der Waals surface area contributed by atoms with Gasteiger partial charge >= 0.3 is 0 Å². The molecule has 2 amide bonds. The molecule has 0 aliphatic carbocycles. The van der Waals surface area contributed by atoms with Crippen molar-refractivity contribution < 1.29 is 23.9 Å². The number of anilines is 1. The molecular weight excluding hydrogens is 360 g/mol. The highest BCUT2D eigenvalue weighted by Gasteiger charge is 2.16. The number of Topliss-reactive ketones (excluding diaryl/α,β-unsaturated/α-hetero) is 1. The van der Waals surface area contributed by atoms with Crippen LogP contribution in [0.25, 0.3) is 0 Å². The van der Waals surface area contributed by atoms with Gasteiger partial charge < -0.3 is 19.7 Å². The van der Waals surface area contributed by atoms with Gasteiger partial charge in [0.15, 0.2) is 17.3 Å². The molecule has 0 fully saturated rings. The van der Waals surface area contributed by atoms with Crippen LogP contribution < -0.4 is 14.8 Å². The Morgan fingerprint density at radius 3 is 2.57 bits per heavy atom. The van der Waals surface area contributed by atoms with Gasteiger partial charge in [0.25, 0.3) is 0 Å². The van der Waals surface area contributed by atoms with Crippen molar-refractivity contribution in [3.05, 3.63) is 53.6 Å². The van der Waals surface area contributed by atoms with Crippen molar-refractivity contribution in [1.29, 1.82) is 0 Å². The molecule has 1 aliphatic rings. The van der Waals surface area contributed by atoms with Crippen molar-refractivity contribution >= 4 is 23.3 Å². The van der Waals surface area contributed by atoms with E-state index in [0.29, 0.717) is 29.3 Å². The number of ketones is 1. The summed E-state index contributed by atoms with van der Waals surface area (Å²) < 4.78 is 10.6. The molecule has 0 spiro atoms. The van der Waals surface area contributed by atoms with Crippen LogP contribution in [0.4, 0.5) is 5.69 Å². The van der Waals surface area contributed by atoms with Crippen LogP contribution in [0.2, 0.25) is 0 Å². The van der Waals surface area contributed by atoms with Crippen molar-refractivity contribution in [2.24, 2.45) is 0 Å². The number of hydrogen-bond donors (Lipinski definition) is 1. The van der Waals surface area contributed by atoms with Crippen molar-refractivity contribution in [2.75, 3.05) is 18.7 Å². The maximum Gasteiger partial charge on any atom is 0.231 e. The van der Waals surface area contributed by atoms with E-state index in [1.165, 1.54) is 13.8 Å². The third kappa shape index (κ3) is 4.88. The number of carbonyl (C=O) groups is 3. The minimum absolute atomic E-state index is 0.0671. The first-order valence-corrected chi connectivity index (χ1v) is 8.97. The second-order valence-corrected chi connectivity index (χ2v) is 6.56. The van der Waals surface area contributed by atoms with Gasteiger partial charge in [0.1, 0.15) is 0 Å². The third-order valence-electron chi connectivity index (χ3n) is 4.42. The summed E-state index contributed by atoms with van der Waals surface area (Å²) >= 11 is 0. The first kappa shape index (κ1) is 19.4. The molecule has 0 saturated carbocycles. The molecule has 2 aromatic carbocycles. The van der Waals surface area contributed by atoms with E-state index in [1.807, 2.05) is 18.2 Å². The minimum Gasteiger partial charge on any atom is -0.454 e. The van der Waals surface area contributed by atoms with Gasteiger partial charge in [-0.2, -0.15) is 0 Å². The Bertz CT molecular complexity index is 909. The average Bonchev–Trinajstić information content (AvgIpc) is 3.12. The van der Waals surface area contributed by atoms with Crippen molar-refractivity contribution in [2.45, 2.75) is 26.8 Å². The Hall–Kier alpha value is -3.35. The first-order chi connectivity index (χ1) is 13.4. The normalized spacial score (nSPS) is 11.8. The fourth-order valence-corrected chi connectivity index (χ4v) is 2.88. The molecule has 0 atom stereocenters. The van der Waals surface area contributed by atoms with Gasteiger partial charge in [-0.1, -0.05) is 18.2 Å². The minimum atomic E-state index is -0.224. The van der Waals surface area contributed by atoms with Gasteiger partial charge in [-0.15, -0.1) is 0 Å². The molecule has 2 aromatic rings. The fourth-order valence-electron chi connectivity index (χ4n) is 2.88. The van der Waals surface area contributed by atoms with E-state index < -0.39 is 0 Å². The zero-order chi connectivity index (χ0) is 20.1. The number of nitrogens with zero attached hydrogens (tertiary/aromatic N) is 1. The monoisotopic (exact) mass is 382 g/mol. The Kier molecular flexibility index (Phi) is 5.93. The van der Waals surface area contributed by atoms with E-state index in [2.05, 4.69) is 5.32 Å². The molecule has 0 bridgehead atoms. The number of benzene rings is 2. The summed E-state index contributed by atoms with van der Waals surface area (Å²) in [7, 11) is 0. The second-order valence-electron chi connectivity index (χ2n) is 6.56. The lowest BCUT2D eigenvalue weighted by molar-refractivity contribution is -0.129. The number of carbonyl (C=O) groups excluding carboxylic acids is 3. The van der Waals surface area contributed by atoms with Gasteiger partial charge in [0.2, 0.25) is 18.6 Å². The Morgan fingerprint density at radius 1 is 1.04 bits per heavy atom. The molecule has 146 valence electrons. The van der Waals surface area contributed by atoms with Gasteiger partial charge in [0.05, 0.1) is 0 Å². The van der Waals surface area contributed by atoms with E-state index in [-0.39, 0.29) is 37.4 Å². The molecule has 0 radical (unpaired) electrons. The molecule has 0 unspecified atom stereocenters. The van der Waals surface area contributed by atoms with E-state index in [9.17, 15) is 14.4 Å². The zero-order valence-electron chi connectivity index (χ0n) is 15.9. The maximum absolute atomic E-state index is 12.3. The third-order valence-corrected chi connectivity index (χ3v) is 4.42. The topological polar surface area (TPSA) is 84.9 Å². The molecular formula is C21H22N2O5. The van der Waals surface area contributed by atoms with E-state index in [4.69, 9.17) is 9.47 Å². The van der Waals surface area contributed by atoms with E-state index >= 15 is 0 Å². The average molecular weight is 382 g/mol. The van der Waals surface area contributed by atoms with E-state index in [0.717, 1.165) is 5.56 Å². The summed E-state index contributed by atoms with van der Waals surface area (Å²) in [5.41, 5.74) is 1.99. The van der Waals surface area contributed by atoms with Crippen LogP contribution in [0, 0.1) is 0 Å². The molecule has 7 heteroatoms. The van der Waals surface area contributed by atoms with Gasteiger partial charge in [-0.3, -0.25) is 14.4 Å². The van der Waals surface area contributed by atoms with Crippen LogP contribution in [0.1, 0.15) is 36.2 Å². The standard InChI is InChI=1S/C21H22N2O5/c1-14(24)17-4-3-5-18(11-17)22-21(26)8-9-23(15(2)25)12-16-6-7-19-20(10-16)28-13-27-19/h3-7,10-11H,8-9,12-13H2,1-2H3,(H,22,26). The Labute approximate surface area is 163 Å². The SMILES string of the molecule is CC(=O)c1cccc(NC(=O)CCN(Cc2ccc3c(c2)OCO3)C(C)=O)c1. The van der Waals surface area contributed by atoms with Crippen molar-refractivity contribution in [1.82, 2.24) is 4.90 Å². The lowest BCUT2D eigenvalue weighted by Crippen LogP contribution is -2.31. The smallest absolute Gasteiger partial charge is 0.231 e. The summed E-state index contributed by atoms with van der Waals surface area (Å²) in [5.74, 6) is 0.929. The highest BCUT2D eigenvalue weighted by molar-refractivity contribution is 5.97. The lowest BCUT2D eigenvalue weighted by atomic mass is 10.1. The van der Waals surface area contributed by atoms with Gasteiger partial charge in [-0.25, -0.2) is 0 Å². The summed E-state index contributed by atoms with van der Waals surface area (Å²) in [6, 6.07) is 12.3. The summed E-state index contributed by atoms with van der Waals surface area (Å²) in [4.78, 5) is 37.3. The Morgan fingerprint density at radius 2 is 1.82 bits per heavy atom. The highest BCUT2D eigenvalue weighted by atomic mass is 16.7. The second kappa shape index (κ2) is 8.56. The lowest BCUT2D eigenvalue weighted by Gasteiger charge is -2.21. The number of rotatable bonds is 7.